The summed E-state index contributed by atoms with van der Waals surface area (Å²) in [4.78, 5) is 26.0. The van der Waals surface area contributed by atoms with Gasteiger partial charge in [0.1, 0.15) is 4.88 Å². The van der Waals surface area contributed by atoms with Crippen molar-refractivity contribution in [2.24, 2.45) is 0 Å². The number of hydrogen-bond donors (Lipinski definition) is 1. The van der Waals surface area contributed by atoms with E-state index in [1.54, 1.807) is 36.0 Å². The highest BCUT2D eigenvalue weighted by Gasteiger charge is 2.21. The third-order valence-corrected chi connectivity index (χ3v) is 5.21. The average molecular weight is 404 g/mol. The lowest BCUT2D eigenvalue weighted by molar-refractivity contribution is 0.0533. The van der Waals surface area contributed by atoms with Crippen LogP contribution in [0.3, 0.4) is 0 Å². The number of thiophene rings is 1. The zero-order valence-corrected chi connectivity index (χ0v) is 16.4. The minimum absolute atomic E-state index is 0.254. The third kappa shape index (κ3) is 4.37. The van der Waals surface area contributed by atoms with Crippen LogP contribution >= 0.6 is 22.9 Å². The van der Waals surface area contributed by atoms with Crippen molar-refractivity contribution in [2.45, 2.75) is 20.4 Å². The number of esters is 1. The maximum Gasteiger partial charge on any atom is 0.350 e. The molecule has 0 saturated heterocycles. The average Bonchev–Trinajstić information content (AvgIpc) is 3.29. The fourth-order valence-electron chi connectivity index (χ4n) is 2.44. The number of nitrogens with one attached hydrogen (secondary N) is 1. The molecule has 27 heavy (non-hydrogen) atoms. The van der Waals surface area contributed by atoms with Crippen molar-refractivity contribution in [3.05, 3.63) is 58.2 Å². The highest BCUT2D eigenvalue weighted by Crippen LogP contribution is 2.36. The van der Waals surface area contributed by atoms with Crippen LogP contribution in [0.5, 0.6) is 0 Å². The second-order valence-corrected chi connectivity index (χ2v) is 7.11. The van der Waals surface area contributed by atoms with E-state index in [0.29, 0.717) is 27.7 Å². The molecule has 0 spiro atoms. The van der Waals surface area contributed by atoms with E-state index in [9.17, 15) is 9.59 Å². The Labute approximate surface area is 165 Å². The topological polar surface area (TPSA) is 73.2 Å². The molecule has 0 unspecified atom stereocenters. The zero-order chi connectivity index (χ0) is 19.4. The third-order valence-electron chi connectivity index (χ3n) is 3.79. The molecule has 3 aromatic rings. The molecule has 0 radical (unpaired) electrons. The fourth-order valence-corrected chi connectivity index (χ4v) is 3.58. The molecule has 2 heterocycles. The molecule has 140 valence electrons. The van der Waals surface area contributed by atoms with Crippen molar-refractivity contribution >= 4 is 40.5 Å². The smallest absolute Gasteiger partial charge is 0.350 e. The molecule has 0 bridgehead atoms. The highest BCUT2D eigenvalue weighted by atomic mass is 35.5. The van der Waals surface area contributed by atoms with Crippen molar-refractivity contribution in [2.75, 3.05) is 11.9 Å². The lowest BCUT2D eigenvalue weighted by Gasteiger charge is -2.04. The Morgan fingerprint density at radius 2 is 2.00 bits per heavy atom. The maximum atomic E-state index is 12.5. The molecule has 8 heteroatoms. The summed E-state index contributed by atoms with van der Waals surface area (Å²) in [7, 11) is 0. The molecular formula is C19H18ClN3O3S. The number of rotatable bonds is 6. The lowest BCUT2D eigenvalue weighted by Crippen LogP contribution is -2.13. The molecule has 6 nitrogen and oxygen atoms in total. The van der Waals surface area contributed by atoms with E-state index in [-0.39, 0.29) is 12.5 Å². The van der Waals surface area contributed by atoms with Crippen LogP contribution in [0.25, 0.3) is 10.4 Å². The first kappa shape index (κ1) is 19.1. The predicted molar refractivity (Wildman–Crippen MR) is 107 cm³/mol. The standard InChI is InChI=1S/C19H18ClN3O3S/c1-3-23-11-13(10-21-23)18(24)22-15-9-16(12-5-7-14(20)8-6-12)27-17(15)19(25)26-4-2/h5-11H,3-4H2,1-2H3,(H,22,24). The van der Waals surface area contributed by atoms with Crippen molar-refractivity contribution in [1.29, 1.82) is 0 Å². The van der Waals surface area contributed by atoms with Crippen LogP contribution in [0.1, 0.15) is 33.9 Å². The number of halogens is 1. The Kier molecular flexibility index (Phi) is 5.93. The first-order valence-electron chi connectivity index (χ1n) is 8.42. The number of ether oxygens (including phenoxy) is 1. The van der Waals surface area contributed by atoms with Gasteiger partial charge in [0.05, 0.1) is 24.1 Å². The van der Waals surface area contributed by atoms with Gasteiger partial charge in [0, 0.05) is 22.6 Å². The monoisotopic (exact) mass is 403 g/mol. The number of benzene rings is 1. The molecule has 3 rings (SSSR count). The molecule has 2 aromatic heterocycles. The van der Waals surface area contributed by atoms with Crippen LogP contribution in [0.2, 0.25) is 5.02 Å². The Hall–Kier alpha value is -2.64. The Morgan fingerprint density at radius 3 is 2.63 bits per heavy atom. The molecule has 1 amide bonds. The molecule has 1 aromatic carbocycles. The molecule has 0 aliphatic heterocycles. The van der Waals surface area contributed by atoms with E-state index in [1.807, 2.05) is 19.1 Å². The summed E-state index contributed by atoms with van der Waals surface area (Å²) >= 11 is 7.20. The van der Waals surface area contributed by atoms with Crippen LogP contribution in [0, 0.1) is 0 Å². The van der Waals surface area contributed by atoms with Gasteiger partial charge in [-0.3, -0.25) is 9.48 Å². The largest absolute Gasteiger partial charge is 0.462 e. The second-order valence-electron chi connectivity index (χ2n) is 5.62. The molecular weight excluding hydrogens is 386 g/mol. The van der Waals surface area contributed by atoms with Gasteiger partial charge in [0.15, 0.2) is 0 Å². The normalized spacial score (nSPS) is 10.6. The first-order chi connectivity index (χ1) is 13.0. The second kappa shape index (κ2) is 8.37. The van der Waals surface area contributed by atoms with Crippen molar-refractivity contribution in [1.82, 2.24) is 9.78 Å². The van der Waals surface area contributed by atoms with Crippen LogP contribution < -0.4 is 5.32 Å². The summed E-state index contributed by atoms with van der Waals surface area (Å²) in [6.45, 7) is 4.60. The summed E-state index contributed by atoms with van der Waals surface area (Å²) in [5, 5.41) is 7.52. The molecule has 0 atom stereocenters. The van der Waals surface area contributed by atoms with Gasteiger partial charge in [-0.25, -0.2) is 4.79 Å². The van der Waals surface area contributed by atoms with Gasteiger partial charge in [0.2, 0.25) is 0 Å². The molecule has 1 N–H and O–H groups in total. The number of aromatic nitrogens is 2. The van der Waals surface area contributed by atoms with Crippen LogP contribution in [-0.2, 0) is 11.3 Å². The van der Waals surface area contributed by atoms with Crippen LogP contribution in [-0.4, -0.2) is 28.3 Å². The highest BCUT2D eigenvalue weighted by molar-refractivity contribution is 7.18. The fraction of sp³-hybridized carbons (Fsp3) is 0.211. The quantitative estimate of drug-likeness (QED) is 0.604. The maximum absolute atomic E-state index is 12.5. The molecule has 0 aliphatic rings. The van der Waals surface area contributed by atoms with Gasteiger partial charge in [0.25, 0.3) is 5.91 Å². The van der Waals surface area contributed by atoms with Gasteiger partial charge < -0.3 is 10.1 Å². The molecule has 0 aliphatic carbocycles. The summed E-state index contributed by atoms with van der Waals surface area (Å²) in [5.41, 5.74) is 1.73. The van der Waals surface area contributed by atoms with E-state index in [2.05, 4.69) is 10.4 Å². The Balaban J connectivity index is 1.92. The predicted octanol–water partition coefficient (Wildman–Crippen LogP) is 4.71. The van der Waals surface area contributed by atoms with Crippen molar-refractivity contribution in [3.8, 4) is 10.4 Å². The van der Waals surface area contributed by atoms with E-state index >= 15 is 0 Å². The van der Waals surface area contributed by atoms with Gasteiger partial charge in [-0.1, -0.05) is 23.7 Å². The number of carbonyl (C=O) groups excluding carboxylic acids is 2. The van der Waals surface area contributed by atoms with E-state index in [4.69, 9.17) is 16.3 Å². The minimum atomic E-state index is -0.470. The Bertz CT molecular complexity index is 963. The van der Waals surface area contributed by atoms with E-state index in [0.717, 1.165) is 10.4 Å². The van der Waals surface area contributed by atoms with E-state index < -0.39 is 5.97 Å². The summed E-state index contributed by atoms with van der Waals surface area (Å²) in [6, 6.07) is 9.04. The Morgan fingerprint density at radius 1 is 1.26 bits per heavy atom. The summed E-state index contributed by atoms with van der Waals surface area (Å²) in [6.07, 6.45) is 3.15. The van der Waals surface area contributed by atoms with Gasteiger partial charge in [-0.15, -0.1) is 11.3 Å². The zero-order valence-electron chi connectivity index (χ0n) is 14.9. The number of aryl methyl sites for hydroxylation is 1. The van der Waals surface area contributed by atoms with Crippen molar-refractivity contribution < 1.29 is 14.3 Å². The van der Waals surface area contributed by atoms with Gasteiger partial charge >= 0.3 is 5.97 Å². The molecule has 0 saturated carbocycles. The van der Waals surface area contributed by atoms with Crippen LogP contribution in [0.15, 0.2) is 42.7 Å². The number of hydrogen-bond acceptors (Lipinski definition) is 5. The van der Waals surface area contributed by atoms with Crippen LogP contribution in [0.4, 0.5) is 5.69 Å². The van der Waals surface area contributed by atoms with Gasteiger partial charge in [-0.05, 0) is 37.6 Å². The number of carbonyl (C=O) groups is 2. The van der Waals surface area contributed by atoms with Gasteiger partial charge in [-0.2, -0.15) is 5.10 Å². The van der Waals surface area contributed by atoms with E-state index in [1.165, 1.54) is 17.5 Å². The SMILES string of the molecule is CCOC(=O)c1sc(-c2ccc(Cl)cc2)cc1NC(=O)c1cnn(CC)c1. The number of nitrogens with zero attached hydrogens (tertiary/aromatic N) is 2. The summed E-state index contributed by atoms with van der Waals surface area (Å²) < 4.78 is 6.79. The number of amides is 1. The minimum Gasteiger partial charge on any atom is -0.462 e. The van der Waals surface area contributed by atoms with Crippen molar-refractivity contribution in [3.63, 3.8) is 0 Å². The lowest BCUT2D eigenvalue weighted by atomic mass is 10.2. The summed E-state index contributed by atoms with van der Waals surface area (Å²) in [5.74, 6) is -0.803. The number of anilines is 1. The first-order valence-corrected chi connectivity index (χ1v) is 9.62. The molecule has 0 fully saturated rings.